The zero-order valence-corrected chi connectivity index (χ0v) is 8.35. The van der Waals surface area contributed by atoms with Crippen molar-refractivity contribution in [3.05, 3.63) is 0 Å². The summed E-state index contributed by atoms with van der Waals surface area (Å²) in [4.78, 5) is 11.3. The van der Waals surface area contributed by atoms with Gasteiger partial charge in [0.2, 0.25) is 0 Å². The van der Waals surface area contributed by atoms with Crippen LogP contribution in [0.15, 0.2) is 0 Å². The van der Waals surface area contributed by atoms with Gasteiger partial charge in [-0.2, -0.15) is 0 Å². The maximum atomic E-state index is 11.3. The van der Waals surface area contributed by atoms with Crippen molar-refractivity contribution >= 4 is 5.78 Å². The topological polar surface area (TPSA) is 37.0 Å². The predicted octanol–water partition coefficient (Wildman–Crippen LogP) is 2.59. The normalized spacial score (nSPS) is 11.7. The molecule has 71 valence electrons. The Hall–Kier alpha value is -0.370. The van der Waals surface area contributed by atoms with E-state index in [1.807, 2.05) is 20.8 Å². The molecule has 0 atom stereocenters. The smallest absolute Gasteiger partial charge is 0.138 e. The quantitative estimate of drug-likeness (QED) is 0.586. The Kier molecular flexibility index (Phi) is 5.14. The van der Waals surface area contributed by atoms with Crippen LogP contribution < -0.4 is 0 Å². The lowest BCUT2D eigenvalue weighted by molar-refractivity contribution is -0.126. The van der Waals surface area contributed by atoms with Gasteiger partial charge >= 0.3 is 0 Å². The molecular weight excluding hydrogens is 152 g/mol. The van der Waals surface area contributed by atoms with Crippen LogP contribution in [0.3, 0.4) is 0 Å². The lowest BCUT2D eigenvalue weighted by Crippen LogP contribution is -2.19. The second-order valence-electron chi connectivity index (χ2n) is 4.19. The molecule has 0 aliphatic carbocycles. The molecule has 0 aliphatic heterocycles. The van der Waals surface area contributed by atoms with Crippen molar-refractivity contribution in [1.82, 2.24) is 0 Å². The van der Waals surface area contributed by atoms with E-state index in [2.05, 4.69) is 0 Å². The highest BCUT2D eigenvalue weighted by Crippen LogP contribution is 2.18. The van der Waals surface area contributed by atoms with E-state index in [0.717, 1.165) is 12.8 Å². The molecule has 12 heavy (non-hydrogen) atoms. The standard InChI is InChI=1S/C10H19O2/c1-10(2,3)9(12)7-5-4-6-8-11/h4-8H2,1-3H3. The molecular formula is C10H19O2. The van der Waals surface area contributed by atoms with Gasteiger partial charge in [-0.3, -0.25) is 4.79 Å². The van der Waals surface area contributed by atoms with Crippen molar-refractivity contribution in [3.63, 3.8) is 0 Å². The summed E-state index contributed by atoms with van der Waals surface area (Å²) in [5, 5.41) is 10.1. The highest BCUT2D eigenvalue weighted by atomic mass is 16.2. The van der Waals surface area contributed by atoms with Crippen LogP contribution in [0, 0.1) is 5.41 Å². The number of ketones is 1. The summed E-state index contributed by atoms with van der Waals surface area (Å²) < 4.78 is 0. The molecule has 0 rings (SSSR count). The monoisotopic (exact) mass is 171 g/mol. The van der Waals surface area contributed by atoms with Crippen LogP contribution in [-0.4, -0.2) is 12.4 Å². The third kappa shape index (κ3) is 5.30. The molecule has 2 heteroatoms. The molecule has 0 saturated heterocycles. The van der Waals surface area contributed by atoms with E-state index < -0.39 is 0 Å². The van der Waals surface area contributed by atoms with Gasteiger partial charge in [0.15, 0.2) is 0 Å². The van der Waals surface area contributed by atoms with Gasteiger partial charge in [-0.15, -0.1) is 0 Å². The van der Waals surface area contributed by atoms with Crippen molar-refractivity contribution < 1.29 is 9.90 Å². The number of hydrogen-bond donors (Lipinski definition) is 0. The molecule has 0 spiro atoms. The van der Waals surface area contributed by atoms with Gasteiger partial charge in [-0.05, 0) is 12.8 Å². The Balaban J connectivity index is 3.45. The van der Waals surface area contributed by atoms with E-state index in [0.29, 0.717) is 18.6 Å². The van der Waals surface area contributed by atoms with Crippen LogP contribution >= 0.6 is 0 Å². The van der Waals surface area contributed by atoms with E-state index in [1.54, 1.807) is 0 Å². The fourth-order valence-corrected chi connectivity index (χ4v) is 0.939. The van der Waals surface area contributed by atoms with Crippen LogP contribution in [0.1, 0.15) is 46.5 Å². The van der Waals surface area contributed by atoms with Gasteiger partial charge < -0.3 is 0 Å². The maximum absolute atomic E-state index is 11.3. The Bertz CT molecular complexity index is 133. The van der Waals surface area contributed by atoms with E-state index in [4.69, 9.17) is 0 Å². The fourth-order valence-electron chi connectivity index (χ4n) is 0.939. The first-order valence-electron chi connectivity index (χ1n) is 4.60. The van der Waals surface area contributed by atoms with Crippen molar-refractivity contribution in [2.75, 3.05) is 6.61 Å². The molecule has 0 aromatic carbocycles. The Morgan fingerprint density at radius 3 is 2.08 bits per heavy atom. The molecule has 0 aromatic heterocycles. The fraction of sp³-hybridized carbons (Fsp3) is 0.900. The molecule has 0 aliphatic rings. The minimum absolute atomic E-state index is 0.0102. The van der Waals surface area contributed by atoms with Gasteiger partial charge in [0.1, 0.15) is 5.78 Å². The molecule has 0 N–H and O–H groups in total. The van der Waals surface area contributed by atoms with Gasteiger partial charge in [0, 0.05) is 11.8 Å². The number of rotatable bonds is 5. The molecule has 2 nitrogen and oxygen atoms in total. The van der Waals surface area contributed by atoms with Crippen LogP contribution in [0.25, 0.3) is 0 Å². The molecule has 0 fully saturated rings. The summed E-state index contributed by atoms with van der Waals surface area (Å²) in [7, 11) is 0. The summed E-state index contributed by atoms with van der Waals surface area (Å²) in [6, 6.07) is 0. The molecule has 0 amide bonds. The van der Waals surface area contributed by atoms with Gasteiger partial charge in [-0.1, -0.05) is 27.2 Å². The second-order valence-corrected chi connectivity index (χ2v) is 4.19. The second kappa shape index (κ2) is 5.31. The zero-order chi connectivity index (χ0) is 9.61. The number of unbranched alkanes of at least 4 members (excludes halogenated alkanes) is 2. The van der Waals surface area contributed by atoms with Crippen LogP contribution in [0.2, 0.25) is 0 Å². The third-order valence-corrected chi connectivity index (χ3v) is 1.88. The minimum Gasteiger partial charge on any atom is -0.299 e. The van der Waals surface area contributed by atoms with Crippen LogP contribution in [0.4, 0.5) is 0 Å². The van der Waals surface area contributed by atoms with E-state index >= 15 is 0 Å². The van der Waals surface area contributed by atoms with Crippen LogP contribution in [0.5, 0.6) is 0 Å². The predicted molar refractivity (Wildman–Crippen MR) is 48.5 cm³/mol. The number of Topliss-reactive ketones (excluding diaryl/α,β-unsaturated/α-hetero) is 1. The first-order chi connectivity index (χ1) is 5.48. The van der Waals surface area contributed by atoms with E-state index in [-0.39, 0.29) is 12.0 Å². The highest BCUT2D eigenvalue weighted by molar-refractivity contribution is 5.83. The molecule has 0 saturated carbocycles. The van der Waals surface area contributed by atoms with Crippen molar-refractivity contribution in [1.29, 1.82) is 0 Å². The zero-order valence-electron chi connectivity index (χ0n) is 8.35. The summed E-state index contributed by atoms with van der Waals surface area (Å²) >= 11 is 0. The summed E-state index contributed by atoms with van der Waals surface area (Å²) in [5.74, 6) is 0.299. The summed E-state index contributed by atoms with van der Waals surface area (Å²) in [5.41, 5.74) is -0.211. The number of carbonyl (C=O) groups is 1. The average Bonchev–Trinajstić information content (AvgIpc) is 1.96. The molecule has 0 heterocycles. The summed E-state index contributed by atoms with van der Waals surface area (Å²) in [6.45, 7) is 5.79. The lowest BCUT2D eigenvalue weighted by atomic mass is 9.88. The Morgan fingerprint density at radius 2 is 1.67 bits per heavy atom. The number of hydrogen-bond acceptors (Lipinski definition) is 1. The number of carbonyl (C=O) groups excluding carboxylic acids is 1. The molecule has 0 aromatic rings. The van der Waals surface area contributed by atoms with E-state index in [1.165, 1.54) is 0 Å². The highest BCUT2D eigenvalue weighted by Gasteiger charge is 2.19. The molecule has 0 bridgehead atoms. The van der Waals surface area contributed by atoms with Crippen molar-refractivity contribution in [2.45, 2.75) is 46.5 Å². The first-order valence-corrected chi connectivity index (χ1v) is 4.60. The Labute approximate surface area is 75.0 Å². The van der Waals surface area contributed by atoms with Crippen molar-refractivity contribution in [3.8, 4) is 0 Å². The van der Waals surface area contributed by atoms with Gasteiger partial charge in [0.25, 0.3) is 0 Å². The third-order valence-electron chi connectivity index (χ3n) is 1.88. The largest absolute Gasteiger partial charge is 0.299 e. The molecule has 0 unspecified atom stereocenters. The summed E-state index contributed by atoms with van der Waals surface area (Å²) in [6.07, 6.45) is 3.10. The maximum Gasteiger partial charge on any atom is 0.138 e. The van der Waals surface area contributed by atoms with Gasteiger partial charge in [-0.25, -0.2) is 5.11 Å². The minimum atomic E-state index is -0.211. The first kappa shape index (κ1) is 11.6. The molecule has 1 radical (unpaired) electrons. The SMILES string of the molecule is CC(C)(C)C(=O)CCCCC[O]. The lowest BCUT2D eigenvalue weighted by Gasteiger charge is -2.15. The van der Waals surface area contributed by atoms with Crippen LogP contribution in [-0.2, 0) is 9.90 Å². The van der Waals surface area contributed by atoms with E-state index in [9.17, 15) is 9.90 Å². The average molecular weight is 171 g/mol. The Morgan fingerprint density at radius 1 is 1.08 bits per heavy atom. The van der Waals surface area contributed by atoms with Gasteiger partial charge in [0.05, 0.1) is 6.61 Å². The van der Waals surface area contributed by atoms with Crippen molar-refractivity contribution in [2.24, 2.45) is 5.41 Å².